The van der Waals surface area contributed by atoms with E-state index in [0.717, 1.165) is 17.2 Å². The van der Waals surface area contributed by atoms with Crippen molar-refractivity contribution in [2.45, 2.75) is 96.1 Å². The van der Waals surface area contributed by atoms with Crippen molar-refractivity contribution in [3.63, 3.8) is 0 Å². The number of thiazole rings is 1. The summed E-state index contributed by atoms with van der Waals surface area (Å²) in [6.07, 6.45) is 13.2. The molecule has 1 saturated carbocycles. The van der Waals surface area contributed by atoms with Crippen molar-refractivity contribution in [1.29, 1.82) is 0 Å². The predicted molar refractivity (Wildman–Crippen MR) is 151 cm³/mol. The molecule has 2 aliphatic rings. The summed E-state index contributed by atoms with van der Waals surface area (Å²) < 4.78 is 4.33. The first-order chi connectivity index (χ1) is 16.6. The van der Waals surface area contributed by atoms with Crippen LogP contribution in [0.4, 0.5) is 0 Å². The maximum atomic E-state index is 5.06. The van der Waals surface area contributed by atoms with E-state index in [-0.39, 0.29) is 12.3 Å². The van der Waals surface area contributed by atoms with Crippen LogP contribution in [0.5, 0.6) is 0 Å². The van der Waals surface area contributed by atoms with Crippen LogP contribution in [0.15, 0.2) is 35.3 Å². The number of hydrogen-bond donors (Lipinski definition) is 1. The third-order valence-electron chi connectivity index (χ3n) is 8.66. The number of aryl methyl sites for hydroxylation is 1. The Labute approximate surface area is 216 Å². The van der Waals surface area contributed by atoms with Gasteiger partial charge in [-0.15, -0.1) is 11.3 Å². The molecule has 5 rings (SSSR count). The van der Waals surface area contributed by atoms with Gasteiger partial charge in [0.05, 0.1) is 11.4 Å². The third kappa shape index (κ3) is 5.08. The summed E-state index contributed by atoms with van der Waals surface area (Å²) in [6, 6.07) is 7.70. The number of hydrogen-bond acceptors (Lipinski definition) is 3. The number of benzene rings is 1. The molecule has 3 aromatic rings. The molecule has 35 heavy (non-hydrogen) atoms. The number of rotatable bonds is 5. The van der Waals surface area contributed by atoms with E-state index in [2.05, 4.69) is 92.3 Å². The van der Waals surface area contributed by atoms with Crippen LogP contribution in [0.2, 0.25) is 0 Å². The van der Waals surface area contributed by atoms with Crippen molar-refractivity contribution in [3.8, 4) is 11.3 Å². The molecule has 5 heteroatoms. The number of aromatic nitrogens is 3. The second-order valence-corrected chi connectivity index (χ2v) is 13.0. The highest BCUT2D eigenvalue weighted by molar-refractivity contribution is 7.10. The fourth-order valence-corrected chi connectivity index (χ4v) is 6.71. The Kier molecular flexibility index (Phi) is 6.60. The lowest BCUT2D eigenvalue weighted by Gasteiger charge is -2.42. The van der Waals surface area contributed by atoms with Gasteiger partial charge >= 0.3 is 0 Å². The van der Waals surface area contributed by atoms with Crippen molar-refractivity contribution in [3.05, 3.63) is 57.2 Å². The smallest absolute Gasteiger partial charge is 0.116 e. The first-order valence-corrected chi connectivity index (χ1v) is 14.2. The highest BCUT2D eigenvalue weighted by Crippen LogP contribution is 2.46. The normalized spacial score (nSPS) is 22.8. The molecule has 1 aromatic carbocycles. The van der Waals surface area contributed by atoms with E-state index in [9.17, 15) is 0 Å². The minimum atomic E-state index is 0. The zero-order valence-electron chi connectivity index (χ0n) is 22.4. The van der Waals surface area contributed by atoms with Crippen LogP contribution in [0.25, 0.3) is 17.3 Å². The van der Waals surface area contributed by atoms with Crippen molar-refractivity contribution in [2.24, 2.45) is 14.1 Å². The SMILES string of the molecule is Cn1cc(CNC2CCC/C(=C\c3nc(-c4ccc5c(c4)C(C)(C)CCC5(C)C)cs3)CC2)n1C.[HH]. The summed E-state index contributed by atoms with van der Waals surface area (Å²) in [6.45, 7) is 10.5. The van der Waals surface area contributed by atoms with Crippen LogP contribution in [-0.4, -0.2) is 20.4 Å². The maximum absolute atomic E-state index is 5.06. The zero-order chi connectivity index (χ0) is 24.8. The van der Waals surface area contributed by atoms with Crippen molar-refractivity contribution < 1.29 is 1.43 Å². The average Bonchev–Trinajstić information content (AvgIpc) is 3.18. The largest absolute Gasteiger partial charge is 0.308 e. The molecule has 190 valence electrons. The Morgan fingerprint density at radius 3 is 2.60 bits per heavy atom. The van der Waals surface area contributed by atoms with Crippen molar-refractivity contribution >= 4 is 17.4 Å². The molecule has 1 atom stereocenters. The minimum Gasteiger partial charge on any atom is -0.308 e. The summed E-state index contributed by atoms with van der Waals surface area (Å²) >= 11 is 1.79. The summed E-state index contributed by atoms with van der Waals surface area (Å²) in [5.74, 6) is 0. The highest BCUT2D eigenvalue weighted by atomic mass is 32.1. The van der Waals surface area contributed by atoms with Gasteiger partial charge in [-0.3, -0.25) is 9.36 Å². The van der Waals surface area contributed by atoms with Crippen molar-refractivity contribution in [2.75, 3.05) is 0 Å². The minimum absolute atomic E-state index is 0. The topological polar surface area (TPSA) is 34.8 Å². The first kappa shape index (κ1) is 24.6. The second-order valence-electron chi connectivity index (χ2n) is 12.1. The molecule has 1 unspecified atom stereocenters. The zero-order valence-corrected chi connectivity index (χ0v) is 23.3. The lowest BCUT2D eigenvalue weighted by molar-refractivity contribution is 0.332. The van der Waals surface area contributed by atoms with Gasteiger partial charge in [0.25, 0.3) is 0 Å². The Morgan fingerprint density at radius 2 is 1.86 bits per heavy atom. The van der Waals surface area contributed by atoms with E-state index in [1.165, 1.54) is 67.3 Å². The van der Waals surface area contributed by atoms with E-state index in [4.69, 9.17) is 4.98 Å². The molecule has 0 radical (unpaired) electrons. The summed E-state index contributed by atoms with van der Waals surface area (Å²) in [7, 11) is 4.21. The molecule has 2 heterocycles. The number of allylic oxidation sites excluding steroid dienone is 1. The second kappa shape index (κ2) is 9.40. The molecule has 4 nitrogen and oxygen atoms in total. The third-order valence-corrected chi connectivity index (χ3v) is 9.45. The van der Waals surface area contributed by atoms with E-state index in [0.29, 0.717) is 6.04 Å². The van der Waals surface area contributed by atoms with Crippen LogP contribution in [0, 0.1) is 0 Å². The molecule has 2 aliphatic carbocycles. The molecule has 1 N–H and O–H groups in total. The molecule has 1 fully saturated rings. The van der Waals surface area contributed by atoms with Gasteiger partial charge in [-0.2, -0.15) is 0 Å². The molecule has 0 spiro atoms. The van der Waals surface area contributed by atoms with E-state index < -0.39 is 0 Å². The molecule has 2 aromatic heterocycles. The Balaban J connectivity index is 0.00000304. The van der Waals surface area contributed by atoms with E-state index in [1.807, 2.05) is 0 Å². The molecule has 0 bridgehead atoms. The first-order valence-electron chi connectivity index (χ1n) is 13.3. The van der Waals surface area contributed by atoms with E-state index in [1.54, 1.807) is 16.9 Å². The van der Waals surface area contributed by atoms with Gasteiger partial charge < -0.3 is 5.32 Å². The Morgan fingerprint density at radius 1 is 1.09 bits per heavy atom. The summed E-state index contributed by atoms with van der Waals surface area (Å²) in [4.78, 5) is 5.06. The summed E-state index contributed by atoms with van der Waals surface area (Å²) in [5, 5.41) is 7.19. The lowest BCUT2D eigenvalue weighted by Crippen LogP contribution is -2.33. The lowest BCUT2D eigenvalue weighted by atomic mass is 9.63. The van der Waals surface area contributed by atoms with Crippen LogP contribution in [0.3, 0.4) is 0 Å². The van der Waals surface area contributed by atoms with Gasteiger partial charge in [0, 0.05) is 45.2 Å². The van der Waals surface area contributed by atoms with E-state index >= 15 is 0 Å². The number of fused-ring (bicyclic) bond motifs is 1. The van der Waals surface area contributed by atoms with Crippen LogP contribution in [0.1, 0.15) is 95.9 Å². The molecule has 0 amide bonds. The van der Waals surface area contributed by atoms with Gasteiger partial charge in [-0.05, 0) is 79.0 Å². The van der Waals surface area contributed by atoms with Crippen LogP contribution in [-0.2, 0) is 31.5 Å². The Hall–Kier alpha value is -2.11. The highest BCUT2D eigenvalue weighted by Gasteiger charge is 2.37. The van der Waals surface area contributed by atoms with Gasteiger partial charge in [-0.25, -0.2) is 4.98 Å². The fraction of sp³-hybridized carbons (Fsp3) is 0.567. The quantitative estimate of drug-likeness (QED) is 0.372. The van der Waals surface area contributed by atoms with Gasteiger partial charge in [0.15, 0.2) is 0 Å². The average molecular weight is 493 g/mol. The number of nitrogens with one attached hydrogen (secondary N) is 1. The standard InChI is InChI=1S/C30H42N4S.H2/c1-29(2)14-15-30(3,4)26-17-22(11-13-25(26)29)27-20-35-28(32-27)16-21-8-7-9-23(12-10-21)31-18-24-19-33(5)34(24)6;/h11,13,16-17,19-20,23,31H,7-10,12,14-15,18H2,1-6H3;1H/b21-16+;. The summed E-state index contributed by atoms with van der Waals surface area (Å²) in [5.41, 5.74) is 8.84. The van der Waals surface area contributed by atoms with Crippen molar-refractivity contribution in [1.82, 2.24) is 19.7 Å². The molecule has 0 saturated heterocycles. The van der Waals surface area contributed by atoms with Gasteiger partial charge in [0.2, 0.25) is 0 Å². The van der Waals surface area contributed by atoms with Gasteiger partial charge in [0.1, 0.15) is 5.01 Å². The van der Waals surface area contributed by atoms with Crippen LogP contribution < -0.4 is 5.32 Å². The molecular weight excluding hydrogens is 448 g/mol. The molecule has 0 aliphatic heterocycles. The van der Waals surface area contributed by atoms with Crippen LogP contribution >= 0.6 is 11.3 Å². The maximum Gasteiger partial charge on any atom is 0.116 e. The monoisotopic (exact) mass is 492 g/mol. The fourth-order valence-electron chi connectivity index (χ4n) is 5.90. The van der Waals surface area contributed by atoms with Gasteiger partial charge in [-0.1, -0.05) is 45.4 Å². The molecular formula is C30H44N4S. The number of nitrogens with zero attached hydrogens (tertiary/aromatic N) is 3. The Bertz CT molecular complexity index is 1230. The predicted octanol–water partition coefficient (Wildman–Crippen LogP) is 7.59.